The molecule has 1 N–H and O–H groups in total. The van der Waals surface area contributed by atoms with Crippen molar-refractivity contribution in [1.82, 2.24) is 10.2 Å². The molecule has 0 bridgehead atoms. The van der Waals surface area contributed by atoms with E-state index in [-0.39, 0.29) is 17.7 Å². The van der Waals surface area contributed by atoms with Crippen molar-refractivity contribution < 1.29 is 19.1 Å². The minimum Gasteiger partial charge on any atom is -0.493 e. The predicted octanol–water partition coefficient (Wildman–Crippen LogP) is 2.15. The van der Waals surface area contributed by atoms with Crippen molar-refractivity contribution in [2.75, 3.05) is 27.3 Å². The van der Waals surface area contributed by atoms with Gasteiger partial charge in [0.2, 0.25) is 11.8 Å². The Morgan fingerprint density at radius 1 is 1.19 bits per heavy atom. The minimum absolute atomic E-state index is 0.0406. The number of carbonyl (C=O) groups excluding carboxylic acids is 2. The summed E-state index contributed by atoms with van der Waals surface area (Å²) in [5.74, 6) is 1.27. The smallest absolute Gasteiger partial charge is 0.225 e. The molecule has 6 nitrogen and oxygen atoms in total. The molecule has 0 spiro atoms. The van der Waals surface area contributed by atoms with Crippen molar-refractivity contribution in [2.24, 2.45) is 5.92 Å². The lowest BCUT2D eigenvalue weighted by Gasteiger charge is -2.18. The lowest BCUT2D eigenvalue weighted by atomic mass is 10.1. The summed E-state index contributed by atoms with van der Waals surface area (Å²) in [4.78, 5) is 26.5. The molecular weight excluding hydrogens is 332 g/mol. The highest BCUT2D eigenvalue weighted by molar-refractivity contribution is 5.89. The SMILES string of the molecule is COc1ccc(CCN2CC(C(=O)NC3CCCC3)CC2=O)cc1OC. The van der Waals surface area contributed by atoms with Crippen molar-refractivity contribution in [3.8, 4) is 11.5 Å². The number of hydrogen-bond acceptors (Lipinski definition) is 4. The summed E-state index contributed by atoms with van der Waals surface area (Å²) in [5, 5.41) is 3.12. The second kappa shape index (κ2) is 8.43. The minimum atomic E-state index is -0.214. The van der Waals surface area contributed by atoms with Crippen LogP contribution in [0, 0.1) is 5.92 Å². The maximum atomic E-state index is 12.4. The Hall–Kier alpha value is -2.24. The zero-order chi connectivity index (χ0) is 18.5. The molecule has 1 saturated heterocycles. The standard InChI is InChI=1S/C20H28N2O4/c1-25-17-8-7-14(11-18(17)26-2)9-10-22-13-15(12-19(22)23)20(24)21-16-5-3-4-6-16/h7-8,11,15-16H,3-6,9-10,12-13H2,1-2H3,(H,21,24). The molecule has 1 aliphatic carbocycles. The van der Waals surface area contributed by atoms with Gasteiger partial charge in [0, 0.05) is 25.6 Å². The first-order valence-corrected chi connectivity index (χ1v) is 9.39. The number of carbonyl (C=O) groups is 2. The molecule has 1 heterocycles. The highest BCUT2D eigenvalue weighted by atomic mass is 16.5. The molecule has 26 heavy (non-hydrogen) atoms. The first-order valence-electron chi connectivity index (χ1n) is 9.39. The van der Waals surface area contributed by atoms with Crippen LogP contribution in [0.4, 0.5) is 0 Å². The van der Waals surface area contributed by atoms with Gasteiger partial charge in [-0.25, -0.2) is 0 Å². The average molecular weight is 360 g/mol. The van der Waals surface area contributed by atoms with Crippen molar-refractivity contribution in [3.63, 3.8) is 0 Å². The summed E-state index contributed by atoms with van der Waals surface area (Å²) in [6, 6.07) is 6.09. The number of nitrogens with zero attached hydrogens (tertiary/aromatic N) is 1. The molecule has 142 valence electrons. The number of methoxy groups -OCH3 is 2. The third-order valence-corrected chi connectivity index (χ3v) is 5.41. The van der Waals surface area contributed by atoms with Gasteiger partial charge in [0.05, 0.1) is 20.1 Å². The van der Waals surface area contributed by atoms with E-state index >= 15 is 0 Å². The molecule has 1 saturated carbocycles. The third-order valence-electron chi connectivity index (χ3n) is 5.41. The maximum Gasteiger partial charge on any atom is 0.225 e. The predicted molar refractivity (Wildman–Crippen MR) is 98.3 cm³/mol. The fourth-order valence-electron chi connectivity index (χ4n) is 3.85. The second-order valence-corrected chi connectivity index (χ2v) is 7.17. The van der Waals surface area contributed by atoms with Crippen molar-refractivity contribution >= 4 is 11.8 Å². The molecule has 1 aromatic rings. The van der Waals surface area contributed by atoms with E-state index in [0.717, 1.165) is 24.8 Å². The van der Waals surface area contributed by atoms with E-state index in [1.807, 2.05) is 18.2 Å². The molecular formula is C20H28N2O4. The number of ether oxygens (including phenoxy) is 2. The molecule has 2 fully saturated rings. The van der Waals surface area contributed by atoms with E-state index in [2.05, 4.69) is 5.32 Å². The molecule has 0 radical (unpaired) electrons. The second-order valence-electron chi connectivity index (χ2n) is 7.17. The quantitative estimate of drug-likeness (QED) is 0.809. The van der Waals surface area contributed by atoms with E-state index < -0.39 is 0 Å². The summed E-state index contributed by atoms with van der Waals surface area (Å²) in [6.07, 6.45) is 5.55. The zero-order valence-electron chi connectivity index (χ0n) is 15.6. The molecule has 1 aliphatic heterocycles. The Kier molecular flexibility index (Phi) is 6.01. The number of likely N-dealkylation sites (tertiary alicyclic amines) is 1. The van der Waals surface area contributed by atoms with E-state index in [4.69, 9.17) is 9.47 Å². The van der Waals surface area contributed by atoms with Gasteiger partial charge in [-0.15, -0.1) is 0 Å². The highest BCUT2D eigenvalue weighted by Gasteiger charge is 2.35. The van der Waals surface area contributed by atoms with Crippen molar-refractivity contribution in [1.29, 1.82) is 0 Å². The van der Waals surface area contributed by atoms with Crippen LogP contribution in [0.5, 0.6) is 11.5 Å². The Morgan fingerprint density at radius 2 is 1.92 bits per heavy atom. The van der Waals surface area contributed by atoms with Gasteiger partial charge in [0.15, 0.2) is 11.5 Å². The largest absolute Gasteiger partial charge is 0.493 e. The fraction of sp³-hybridized carbons (Fsp3) is 0.600. The van der Waals surface area contributed by atoms with Gasteiger partial charge in [0.1, 0.15) is 0 Å². The van der Waals surface area contributed by atoms with Gasteiger partial charge in [-0.2, -0.15) is 0 Å². The van der Waals surface area contributed by atoms with Crippen molar-refractivity contribution in [2.45, 2.75) is 44.6 Å². The molecule has 1 unspecified atom stereocenters. The summed E-state index contributed by atoms with van der Waals surface area (Å²) in [7, 11) is 3.22. The molecule has 2 aliphatic rings. The Morgan fingerprint density at radius 3 is 2.62 bits per heavy atom. The van der Waals surface area contributed by atoms with Crippen LogP contribution in [0.15, 0.2) is 18.2 Å². The summed E-state index contributed by atoms with van der Waals surface area (Å²) < 4.78 is 10.6. The fourth-order valence-corrected chi connectivity index (χ4v) is 3.85. The van der Waals surface area contributed by atoms with Crippen LogP contribution in [0.1, 0.15) is 37.7 Å². The van der Waals surface area contributed by atoms with Crippen LogP contribution in [-0.4, -0.2) is 50.1 Å². The molecule has 1 atom stereocenters. The van der Waals surface area contributed by atoms with Gasteiger partial charge < -0.3 is 19.7 Å². The van der Waals surface area contributed by atoms with Crippen LogP contribution in [0.3, 0.4) is 0 Å². The average Bonchev–Trinajstić information content (AvgIpc) is 3.29. The van der Waals surface area contributed by atoms with E-state index in [1.54, 1.807) is 19.1 Å². The number of benzene rings is 1. The molecule has 6 heteroatoms. The molecule has 3 rings (SSSR count). The number of nitrogens with one attached hydrogen (secondary N) is 1. The number of amides is 2. The highest BCUT2D eigenvalue weighted by Crippen LogP contribution is 2.28. The van der Waals surface area contributed by atoms with Crippen LogP contribution in [0.25, 0.3) is 0 Å². The van der Waals surface area contributed by atoms with Gasteiger partial charge in [-0.05, 0) is 37.0 Å². The number of rotatable bonds is 7. The third kappa shape index (κ3) is 4.29. The zero-order valence-corrected chi connectivity index (χ0v) is 15.6. The van der Waals surface area contributed by atoms with Gasteiger partial charge >= 0.3 is 0 Å². The first-order chi connectivity index (χ1) is 12.6. The monoisotopic (exact) mass is 360 g/mol. The molecule has 1 aromatic carbocycles. The van der Waals surface area contributed by atoms with E-state index in [9.17, 15) is 9.59 Å². The van der Waals surface area contributed by atoms with Crippen LogP contribution in [0.2, 0.25) is 0 Å². The van der Waals surface area contributed by atoms with Crippen molar-refractivity contribution in [3.05, 3.63) is 23.8 Å². The summed E-state index contributed by atoms with van der Waals surface area (Å²) in [6.45, 7) is 1.13. The topological polar surface area (TPSA) is 67.9 Å². The van der Waals surface area contributed by atoms with Gasteiger partial charge in [-0.1, -0.05) is 18.9 Å². The Labute approximate surface area is 154 Å². The van der Waals surface area contributed by atoms with E-state index in [1.165, 1.54) is 12.8 Å². The Balaban J connectivity index is 1.52. The van der Waals surface area contributed by atoms with Crippen LogP contribution in [-0.2, 0) is 16.0 Å². The first kappa shape index (κ1) is 18.5. The van der Waals surface area contributed by atoms with Gasteiger partial charge in [-0.3, -0.25) is 9.59 Å². The summed E-state index contributed by atoms with van der Waals surface area (Å²) >= 11 is 0. The van der Waals surface area contributed by atoms with Crippen LogP contribution >= 0.6 is 0 Å². The lowest BCUT2D eigenvalue weighted by molar-refractivity contribution is -0.129. The molecule has 2 amide bonds. The van der Waals surface area contributed by atoms with E-state index in [0.29, 0.717) is 37.1 Å². The van der Waals surface area contributed by atoms with Crippen LogP contribution < -0.4 is 14.8 Å². The normalized spacial score (nSPS) is 20.5. The molecule has 0 aromatic heterocycles. The maximum absolute atomic E-state index is 12.4. The number of hydrogen-bond donors (Lipinski definition) is 1. The lowest BCUT2D eigenvalue weighted by Crippen LogP contribution is -2.38. The Bertz CT molecular complexity index is 655. The summed E-state index contributed by atoms with van der Waals surface area (Å²) in [5.41, 5.74) is 1.08. The van der Waals surface area contributed by atoms with Gasteiger partial charge in [0.25, 0.3) is 0 Å².